The van der Waals surface area contributed by atoms with E-state index in [1.54, 1.807) is 12.1 Å². The zero-order valence-corrected chi connectivity index (χ0v) is 13.0. The van der Waals surface area contributed by atoms with Gasteiger partial charge in [0, 0.05) is 29.8 Å². The molecule has 8 heteroatoms. The van der Waals surface area contributed by atoms with Gasteiger partial charge >= 0.3 is 0 Å². The first-order valence-electron chi connectivity index (χ1n) is 7.10. The van der Waals surface area contributed by atoms with Gasteiger partial charge in [-0.05, 0) is 37.7 Å². The molecule has 0 radical (unpaired) electrons. The molecule has 0 unspecified atom stereocenters. The molecule has 1 saturated heterocycles. The molecule has 0 amide bonds. The summed E-state index contributed by atoms with van der Waals surface area (Å²) in [7, 11) is 1.96. The van der Waals surface area contributed by atoms with Crippen LogP contribution >= 0.6 is 11.6 Å². The van der Waals surface area contributed by atoms with Gasteiger partial charge in [-0.25, -0.2) is 0 Å². The van der Waals surface area contributed by atoms with Crippen molar-refractivity contribution in [2.75, 3.05) is 36.1 Å². The van der Waals surface area contributed by atoms with Crippen molar-refractivity contribution in [1.29, 1.82) is 0 Å². The largest absolute Gasteiger partial charge is 0.368 e. The second-order valence-electron chi connectivity index (χ2n) is 5.17. The summed E-state index contributed by atoms with van der Waals surface area (Å²) in [5.74, 6) is 1.23. The standard InChI is InChI=1S/C14H18ClN7/c1-17-11-6-7-22(8-11)14-20-12(16)19-13(21-14)18-10-4-2-9(15)3-5-10/h2-5,11,17H,6-8H2,1H3,(H3,16,18,19,20,21)/t11-/m1/s1. The van der Waals surface area contributed by atoms with Crippen LogP contribution in [-0.4, -0.2) is 41.1 Å². The monoisotopic (exact) mass is 319 g/mol. The van der Waals surface area contributed by atoms with E-state index >= 15 is 0 Å². The Hall–Kier alpha value is -2.12. The molecule has 1 fully saturated rings. The molecule has 2 aromatic rings. The molecular formula is C14H18ClN7. The number of anilines is 4. The van der Waals surface area contributed by atoms with Crippen LogP contribution in [0.5, 0.6) is 0 Å². The van der Waals surface area contributed by atoms with E-state index in [1.165, 1.54) is 0 Å². The lowest BCUT2D eigenvalue weighted by molar-refractivity contribution is 0.616. The third-order valence-electron chi connectivity index (χ3n) is 3.62. The molecule has 4 N–H and O–H groups in total. The number of rotatable bonds is 4. The van der Waals surface area contributed by atoms with Crippen molar-refractivity contribution in [2.45, 2.75) is 12.5 Å². The zero-order valence-electron chi connectivity index (χ0n) is 12.3. The Morgan fingerprint density at radius 3 is 2.68 bits per heavy atom. The van der Waals surface area contributed by atoms with Crippen LogP contribution in [0.1, 0.15) is 6.42 Å². The summed E-state index contributed by atoms with van der Waals surface area (Å²) in [5, 5.41) is 7.06. The molecule has 22 heavy (non-hydrogen) atoms. The molecule has 0 saturated carbocycles. The number of nitrogens with one attached hydrogen (secondary N) is 2. The Balaban J connectivity index is 1.79. The van der Waals surface area contributed by atoms with E-state index in [1.807, 2.05) is 19.2 Å². The zero-order chi connectivity index (χ0) is 15.5. The van der Waals surface area contributed by atoms with E-state index in [9.17, 15) is 0 Å². The third-order valence-corrected chi connectivity index (χ3v) is 3.87. The van der Waals surface area contributed by atoms with Gasteiger partial charge in [-0.3, -0.25) is 0 Å². The Morgan fingerprint density at radius 2 is 2.00 bits per heavy atom. The first-order chi connectivity index (χ1) is 10.6. The molecule has 1 aliphatic rings. The number of aromatic nitrogens is 3. The van der Waals surface area contributed by atoms with Gasteiger partial charge in [0.05, 0.1) is 0 Å². The third kappa shape index (κ3) is 3.37. The molecule has 1 atom stereocenters. The smallest absolute Gasteiger partial charge is 0.233 e. The van der Waals surface area contributed by atoms with Crippen LogP contribution in [-0.2, 0) is 0 Å². The number of hydrogen-bond donors (Lipinski definition) is 3. The lowest BCUT2D eigenvalue weighted by Gasteiger charge is -2.17. The van der Waals surface area contributed by atoms with Crippen molar-refractivity contribution in [1.82, 2.24) is 20.3 Å². The van der Waals surface area contributed by atoms with Gasteiger partial charge in [-0.15, -0.1) is 0 Å². The van der Waals surface area contributed by atoms with E-state index in [0.717, 1.165) is 25.2 Å². The lowest BCUT2D eigenvalue weighted by atomic mass is 10.3. The number of nitrogen functional groups attached to an aromatic ring is 1. The second kappa shape index (κ2) is 6.33. The molecule has 3 rings (SSSR count). The van der Waals surface area contributed by atoms with Crippen LogP contribution in [0, 0.1) is 0 Å². The van der Waals surface area contributed by atoms with Gasteiger partial charge in [-0.1, -0.05) is 11.6 Å². The van der Waals surface area contributed by atoms with Crippen LogP contribution < -0.4 is 21.3 Å². The molecule has 7 nitrogen and oxygen atoms in total. The molecular weight excluding hydrogens is 302 g/mol. The highest BCUT2D eigenvalue weighted by molar-refractivity contribution is 6.30. The van der Waals surface area contributed by atoms with E-state index in [0.29, 0.717) is 23.0 Å². The molecule has 2 heterocycles. The highest BCUT2D eigenvalue weighted by atomic mass is 35.5. The van der Waals surface area contributed by atoms with Crippen LogP contribution in [0.25, 0.3) is 0 Å². The average Bonchev–Trinajstić information content (AvgIpc) is 2.98. The maximum absolute atomic E-state index is 5.88. The first-order valence-corrected chi connectivity index (χ1v) is 7.48. The van der Waals surface area contributed by atoms with E-state index < -0.39 is 0 Å². The van der Waals surface area contributed by atoms with Crippen molar-refractivity contribution < 1.29 is 0 Å². The molecule has 0 spiro atoms. The predicted octanol–water partition coefficient (Wildman–Crippen LogP) is 1.65. The Kier molecular flexibility index (Phi) is 4.26. The van der Waals surface area contributed by atoms with E-state index in [2.05, 4.69) is 30.5 Å². The second-order valence-corrected chi connectivity index (χ2v) is 5.61. The number of hydrogen-bond acceptors (Lipinski definition) is 7. The van der Waals surface area contributed by atoms with Crippen LogP contribution in [0.3, 0.4) is 0 Å². The highest BCUT2D eigenvalue weighted by Crippen LogP contribution is 2.21. The molecule has 1 aromatic carbocycles. The van der Waals surface area contributed by atoms with E-state index in [-0.39, 0.29) is 5.95 Å². The van der Waals surface area contributed by atoms with Crippen LogP contribution in [0.15, 0.2) is 24.3 Å². The normalized spacial score (nSPS) is 17.7. The summed E-state index contributed by atoms with van der Waals surface area (Å²) in [6.45, 7) is 1.76. The van der Waals surface area contributed by atoms with Crippen molar-refractivity contribution >= 4 is 35.1 Å². The fourth-order valence-electron chi connectivity index (χ4n) is 2.42. The Bertz CT molecular complexity index is 646. The fourth-order valence-corrected chi connectivity index (χ4v) is 2.54. The topological polar surface area (TPSA) is 92.0 Å². The Labute approximate surface area is 133 Å². The molecule has 1 aromatic heterocycles. The number of benzene rings is 1. The number of nitrogens with two attached hydrogens (primary N) is 1. The average molecular weight is 320 g/mol. The van der Waals surface area contributed by atoms with Crippen molar-refractivity contribution in [3.05, 3.63) is 29.3 Å². The summed E-state index contributed by atoms with van der Waals surface area (Å²) < 4.78 is 0. The predicted molar refractivity (Wildman–Crippen MR) is 88.7 cm³/mol. The van der Waals surface area contributed by atoms with Gasteiger partial charge < -0.3 is 21.3 Å². The summed E-state index contributed by atoms with van der Waals surface area (Å²) >= 11 is 5.88. The fraction of sp³-hybridized carbons (Fsp3) is 0.357. The van der Waals surface area contributed by atoms with Crippen molar-refractivity contribution in [3.63, 3.8) is 0 Å². The van der Waals surface area contributed by atoms with Crippen molar-refractivity contribution in [2.24, 2.45) is 0 Å². The summed E-state index contributed by atoms with van der Waals surface area (Å²) in [5.41, 5.74) is 6.65. The van der Waals surface area contributed by atoms with Crippen LogP contribution in [0.4, 0.5) is 23.5 Å². The SMILES string of the molecule is CN[C@@H]1CCN(c2nc(N)nc(Nc3ccc(Cl)cc3)n2)C1. The number of halogens is 1. The van der Waals surface area contributed by atoms with Gasteiger partial charge in [0.1, 0.15) is 0 Å². The first kappa shape index (κ1) is 14.8. The van der Waals surface area contributed by atoms with Gasteiger partial charge in [0.15, 0.2) is 0 Å². The maximum atomic E-state index is 5.88. The molecule has 116 valence electrons. The van der Waals surface area contributed by atoms with Crippen molar-refractivity contribution in [3.8, 4) is 0 Å². The minimum Gasteiger partial charge on any atom is -0.368 e. The minimum absolute atomic E-state index is 0.203. The molecule has 0 aliphatic carbocycles. The van der Waals surface area contributed by atoms with Gasteiger partial charge in [0.2, 0.25) is 17.8 Å². The van der Waals surface area contributed by atoms with Gasteiger partial charge in [0.25, 0.3) is 0 Å². The van der Waals surface area contributed by atoms with E-state index in [4.69, 9.17) is 17.3 Å². The minimum atomic E-state index is 0.203. The van der Waals surface area contributed by atoms with Gasteiger partial charge in [-0.2, -0.15) is 15.0 Å². The lowest BCUT2D eigenvalue weighted by Crippen LogP contribution is -2.30. The molecule has 1 aliphatic heterocycles. The quantitative estimate of drug-likeness (QED) is 0.789. The Morgan fingerprint density at radius 1 is 1.23 bits per heavy atom. The summed E-state index contributed by atoms with van der Waals surface area (Å²) in [4.78, 5) is 14.9. The summed E-state index contributed by atoms with van der Waals surface area (Å²) in [6, 6.07) is 7.76. The number of likely N-dealkylation sites (N-methyl/N-ethyl adjacent to an activating group) is 1. The maximum Gasteiger partial charge on any atom is 0.233 e. The summed E-state index contributed by atoms with van der Waals surface area (Å²) in [6.07, 6.45) is 1.06. The highest BCUT2D eigenvalue weighted by Gasteiger charge is 2.23. The van der Waals surface area contributed by atoms with Crippen LogP contribution in [0.2, 0.25) is 5.02 Å². The number of nitrogens with zero attached hydrogens (tertiary/aromatic N) is 4. The molecule has 0 bridgehead atoms.